The molecular weight excluding hydrogens is 316 g/mol. The van der Waals surface area contributed by atoms with E-state index >= 15 is 0 Å². The fraction of sp³-hybridized carbons (Fsp3) is 0.667. The van der Waals surface area contributed by atoms with Crippen LogP contribution >= 0.6 is 0 Å². The zero-order chi connectivity index (χ0) is 19.2. The van der Waals surface area contributed by atoms with Crippen molar-refractivity contribution in [1.82, 2.24) is 0 Å². The molecule has 0 amide bonds. The monoisotopic (exact) mass is 356 g/mol. The number of allylic oxidation sites excluding steroid dienone is 8. The quantitative estimate of drug-likeness (QED) is 0.448. The molecule has 0 aliphatic heterocycles. The SMILES string of the molecule is CC[Si](CC)(C1=C(C(C)(C)C)CC=C1C)C1=C(C(C)(C)C)CC=C1C. The van der Waals surface area contributed by atoms with Crippen molar-refractivity contribution in [2.24, 2.45) is 10.8 Å². The van der Waals surface area contributed by atoms with Crippen molar-refractivity contribution in [2.75, 3.05) is 0 Å². The third-order valence-corrected chi connectivity index (χ3v) is 12.3. The van der Waals surface area contributed by atoms with Crippen molar-refractivity contribution >= 4 is 8.07 Å². The molecule has 0 bridgehead atoms. The molecule has 0 nitrogen and oxygen atoms in total. The van der Waals surface area contributed by atoms with Crippen molar-refractivity contribution in [3.05, 3.63) is 44.8 Å². The van der Waals surface area contributed by atoms with E-state index in [1.807, 2.05) is 0 Å². The van der Waals surface area contributed by atoms with Gasteiger partial charge in [0, 0.05) is 0 Å². The number of rotatable bonds is 4. The van der Waals surface area contributed by atoms with Gasteiger partial charge in [-0.3, -0.25) is 0 Å². The predicted molar refractivity (Wildman–Crippen MR) is 116 cm³/mol. The highest BCUT2D eigenvalue weighted by Gasteiger charge is 2.46. The van der Waals surface area contributed by atoms with E-state index in [0.29, 0.717) is 0 Å². The Morgan fingerprint density at radius 1 is 0.720 bits per heavy atom. The molecule has 1 heteroatoms. The molecular formula is C24H40Si. The van der Waals surface area contributed by atoms with Gasteiger partial charge in [-0.15, -0.1) is 0 Å². The first kappa shape index (κ1) is 20.5. The summed E-state index contributed by atoms with van der Waals surface area (Å²) in [4.78, 5) is 0. The van der Waals surface area contributed by atoms with Gasteiger partial charge < -0.3 is 0 Å². The van der Waals surface area contributed by atoms with E-state index in [4.69, 9.17) is 0 Å². The lowest BCUT2D eigenvalue weighted by Gasteiger charge is -2.40. The fourth-order valence-corrected chi connectivity index (χ4v) is 11.2. The van der Waals surface area contributed by atoms with Gasteiger partial charge >= 0.3 is 0 Å². The van der Waals surface area contributed by atoms with Crippen molar-refractivity contribution < 1.29 is 0 Å². The van der Waals surface area contributed by atoms with Crippen molar-refractivity contribution in [2.45, 2.75) is 94.2 Å². The molecule has 0 N–H and O–H groups in total. The molecule has 2 rings (SSSR count). The zero-order valence-corrected chi connectivity index (χ0v) is 19.5. The average Bonchev–Trinajstić information content (AvgIpc) is 3.06. The molecule has 0 aromatic carbocycles. The van der Waals surface area contributed by atoms with Gasteiger partial charge in [0.1, 0.15) is 8.07 Å². The molecule has 0 saturated heterocycles. The van der Waals surface area contributed by atoms with Crippen LogP contribution in [0.1, 0.15) is 82.1 Å². The summed E-state index contributed by atoms with van der Waals surface area (Å²) in [5, 5.41) is 3.60. The first-order valence-corrected chi connectivity index (χ1v) is 12.6. The summed E-state index contributed by atoms with van der Waals surface area (Å²) in [5.74, 6) is 0. The summed E-state index contributed by atoms with van der Waals surface area (Å²) in [6.07, 6.45) is 7.35. The standard InChI is InChI=1S/C24H40Si/c1-11-25(12-2,21-17(3)13-15-19(21)23(5,6)7)22-18(4)14-16-20(22)24(8,9)10/h13-14H,11-12,15-16H2,1-10H3. The largest absolute Gasteiger partial charge is 0.118 e. The van der Waals surface area contributed by atoms with Gasteiger partial charge in [0.25, 0.3) is 0 Å². The molecule has 0 spiro atoms. The Morgan fingerprint density at radius 2 is 1.04 bits per heavy atom. The third-order valence-electron chi connectivity index (χ3n) is 6.59. The van der Waals surface area contributed by atoms with Crippen molar-refractivity contribution in [3.63, 3.8) is 0 Å². The zero-order valence-electron chi connectivity index (χ0n) is 18.5. The van der Waals surface area contributed by atoms with E-state index in [0.717, 1.165) is 0 Å². The summed E-state index contributed by atoms with van der Waals surface area (Å²) in [7, 11) is -1.73. The first-order valence-electron chi connectivity index (χ1n) is 10.2. The molecule has 0 aromatic heterocycles. The molecule has 0 heterocycles. The summed E-state index contributed by atoms with van der Waals surface area (Å²) in [5.41, 5.74) is 7.15. The van der Waals surface area contributed by atoms with E-state index in [2.05, 4.69) is 81.4 Å². The molecule has 25 heavy (non-hydrogen) atoms. The van der Waals surface area contributed by atoms with Crippen LogP contribution in [-0.4, -0.2) is 8.07 Å². The van der Waals surface area contributed by atoms with Gasteiger partial charge in [0.05, 0.1) is 0 Å². The molecule has 2 aliphatic carbocycles. The third kappa shape index (κ3) is 3.41. The number of hydrogen-bond acceptors (Lipinski definition) is 0. The fourth-order valence-electron chi connectivity index (χ4n) is 5.17. The van der Waals surface area contributed by atoms with E-state index in [1.165, 1.54) is 24.9 Å². The number of hydrogen-bond donors (Lipinski definition) is 0. The molecule has 140 valence electrons. The Morgan fingerprint density at radius 3 is 1.28 bits per heavy atom. The van der Waals surface area contributed by atoms with E-state index in [1.54, 1.807) is 32.7 Å². The van der Waals surface area contributed by atoms with Crippen LogP contribution in [0.5, 0.6) is 0 Å². The second-order valence-corrected chi connectivity index (χ2v) is 14.8. The molecule has 0 aromatic rings. The molecule has 2 aliphatic rings. The summed E-state index contributed by atoms with van der Waals surface area (Å²) in [6.45, 7) is 24.2. The van der Waals surface area contributed by atoms with Crippen LogP contribution in [0.2, 0.25) is 12.1 Å². The first-order chi connectivity index (χ1) is 11.4. The second-order valence-electron chi connectivity index (χ2n) is 10.2. The maximum absolute atomic E-state index is 2.51. The Kier molecular flexibility index (Phi) is 5.51. The highest BCUT2D eigenvalue weighted by Crippen LogP contribution is 2.52. The highest BCUT2D eigenvalue weighted by atomic mass is 28.3. The molecule has 0 unspecified atom stereocenters. The Balaban J connectivity index is 2.84. The Labute approximate surface area is 158 Å². The molecule has 0 radical (unpaired) electrons. The van der Waals surface area contributed by atoms with Gasteiger partial charge in [-0.25, -0.2) is 0 Å². The minimum Gasteiger partial charge on any atom is -0.0776 e. The predicted octanol–water partition coefficient (Wildman–Crippen LogP) is 7.94. The van der Waals surface area contributed by atoms with Crippen LogP contribution in [0.3, 0.4) is 0 Å². The van der Waals surface area contributed by atoms with E-state index < -0.39 is 8.07 Å². The maximum Gasteiger partial charge on any atom is 0.118 e. The molecule has 0 atom stereocenters. The molecule has 0 saturated carbocycles. The van der Waals surface area contributed by atoms with Gasteiger partial charge in [-0.05, 0) is 37.5 Å². The van der Waals surface area contributed by atoms with Gasteiger partial charge in [-0.1, -0.05) is 112 Å². The lowest BCUT2D eigenvalue weighted by molar-refractivity contribution is 0.493. The van der Waals surface area contributed by atoms with Crippen LogP contribution in [0.25, 0.3) is 0 Å². The lowest BCUT2D eigenvalue weighted by atomic mass is 9.85. The average molecular weight is 357 g/mol. The maximum atomic E-state index is 2.51. The lowest BCUT2D eigenvalue weighted by Crippen LogP contribution is -2.42. The summed E-state index contributed by atoms with van der Waals surface area (Å²) in [6, 6.07) is 2.65. The Hall–Kier alpha value is -0.823. The smallest absolute Gasteiger partial charge is 0.0776 e. The Bertz CT molecular complexity index is 606. The summed E-state index contributed by atoms with van der Waals surface area (Å²) < 4.78 is 0. The highest BCUT2D eigenvalue weighted by molar-refractivity contribution is 6.94. The van der Waals surface area contributed by atoms with Crippen LogP contribution in [0.15, 0.2) is 44.8 Å². The minimum atomic E-state index is -1.73. The van der Waals surface area contributed by atoms with Crippen LogP contribution in [-0.2, 0) is 0 Å². The summed E-state index contributed by atoms with van der Waals surface area (Å²) >= 11 is 0. The van der Waals surface area contributed by atoms with Crippen LogP contribution < -0.4 is 0 Å². The van der Waals surface area contributed by atoms with Crippen molar-refractivity contribution in [1.29, 1.82) is 0 Å². The van der Waals surface area contributed by atoms with Gasteiger partial charge in [-0.2, -0.15) is 0 Å². The van der Waals surface area contributed by atoms with Gasteiger partial charge in [0.15, 0.2) is 0 Å². The molecule has 0 fully saturated rings. The van der Waals surface area contributed by atoms with Crippen LogP contribution in [0.4, 0.5) is 0 Å². The van der Waals surface area contributed by atoms with Crippen LogP contribution in [0, 0.1) is 10.8 Å². The van der Waals surface area contributed by atoms with E-state index in [-0.39, 0.29) is 10.8 Å². The van der Waals surface area contributed by atoms with Gasteiger partial charge in [0.2, 0.25) is 0 Å². The van der Waals surface area contributed by atoms with Crippen molar-refractivity contribution in [3.8, 4) is 0 Å². The minimum absolute atomic E-state index is 0.269. The normalized spacial score (nSPS) is 19.8. The topological polar surface area (TPSA) is 0 Å². The van der Waals surface area contributed by atoms with E-state index in [9.17, 15) is 0 Å². The second kappa shape index (κ2) is 6.72.